The van der Waals surface area contributed by atoms with Crippen LogP contribution < -0.4 is 0 Å². The fourth-order valence-electron chi connectivity index (χ4n) is 2.04. The molecule has 0 spiro atoms. The van der Waals surface area contributed by atoms with Crippen LogP contribution in [0.25, 0.3) is 0 Å². The zero-order chi connectivity index (χ0) is 17.0. The van der Waals surface area contributed by atoms with E-state index in [1.807, 2.05) is 19.1 Å². The molecule has 2 aromatic rings. The third-order valence-electron chi connectivity index (χ3n) is 3.41. The van der Waals surface area contributed by atoms with Crippen molar-refractivity contribution >= 4 is 16.0 Å². The maximum absolute atomic E-state index is 12.1. The van der Waals surface area contributed by atoms with Crippen LogP contribution in [0.15, 0.2) is 53.4 Å². The van der Waals surface area contributed by atoms with E-state index in [1.54, 1.807) is 24.3 Å². The summed E-state index contributed by atoms with van der Waals surface area (Å²) in [6.07, 6.45) is 0. The van der Waals surface area contributed by atoms with Crippen LogP contribution in [0, 0.1) is 6.92 Å². The van der Waals surface area contributed by atoms with Crippen LogP contribution in [0.3, 0.4) is 0 Å². The first kappa shape index (κ1) is 17.2. The maximum atomic E-state index is 12.1. The Morgan fingerprint density at radius 1 is 1.09 bits per heavy atom. The summed E-state index contributed by atoms with van der Waals surface area (Å²) in [5.74, 6) is -0.427. The van der Waals surface area contributed by atoms with Gasteiger partial charge in [-0.25, -0.2) is 17.5 Å². The molecule has 0 amide bonds. The van der Waals surface area contributed by atoms with Gasteiger partial charge in [0.05, 0.1) is 10.5 Å². The van der Waals surface area contributed by atoms with Crippen molar-refractivity contribution in [2.75, 3.05) is 14.1 Å². The van der Waals surface area contributed by atoms with E-state index in [0.717, 1.165) is 9.87 Å². The Labute approximate surface area is 136 Å². The molecular formula is C17H19NO4S. The molecule has 0 aliphatic carbocycles. The molecule has 2 rings (SSSR count). The highest BCUT2D eigenvalue weighted by atomic mass is 32.2. The standard InChI is InChI=1S/C17H19NO4S/c1-13-7-4-5-10-16(13)17(19)22-12-14-8-6-9-15(11-14)23(20,21)18(2)3/h4-11H,12H2,1-3H3. The van der Waals surface area contributed by atoms with Gasteiger partial charge in [-0.3, -0.25) is 0 Å². The topological polar surface area (TPSA) is 63.7 Å². The van der Waals surface area contributed by atoms with Crippen LogP contribution in [-0.4, -0.2) is 32.8 Å². The molecule has 0 atom stereocenters. The summed E-state index contributed by atoms with van der Waals surface area (Å²) in [6, 6.07) is 13.5. The fraction of sp³-hybridized carbons (Fsp3) is 0.235. The molecule has 23 heavy (non-hydrogen) atoms. The smallest absolute Gasteiger partial charge is 0.338 e. The Morgan fingerprint density at radius 3 is 2.43 bits per heavy atom. The predicted molar refractivity (Wildman–Crippen MR) is 87.6 cm³/mol. The van der Waals surface area contributed by atoms with Gasteiger partial charge in [0, 0.05) is 14.1 Å². The molecule has 0 saturated carbocycles. The van der Waals surface area contributed by atoms with Crippen LogP contribution in [-0.2, 0) is 21.4 Å². The molecule has 0 N–H and O–H groups in total. The number of esters is 1. The first-order valence-electron chi connectivity index (χ1n) is 7.06. The monoisotopic (exact) mass is 333 g/mol. The predicted octanol–water partition coefficient (Wildman–Crippen LogP) is 2.60. The normalized spacial score (nSPS) is 11.5. The Kier molecular flexibility index (Phi) is 5.18. The molecule has 0 unspecified atom stereocenters. The van der Waals surface area contributed by atoms with Crippen molar-refractivity contribution in [1.82, 2.24) is 4.31 Å². The Bertz CT molecular complexity index is 813. The fourth-order valence-corrected chi connectivity index (χ4v) is 3.01. The molecule has 122 valence electrons. The van der Waals surface area contributed by atoms with Crippen molar-refractivity contribution in [2.45, 2.75) is 18.4 Å². The van der Waals surface area contributed by atoms with Crippen molar-refractivity contribution in [3.05, 3.63) is 65.2 Å². The summed E-state index contributed by atoms with van der Waals surface area (Å²) in [6.45, 7) is 1.85. The lowest BCUT2D eigenvalue weighted by Crippen LogP contribution is -2.22. The van der Waals surface area contributed by atoms with Gasteiger partial charge in [-0.1, -0.05) is 30.3 Å². The summed E-state index contributed by atoms with van der Waals surface area (Å²) >= 11 is 0. The summed E-state index contributed by atoms with van der Waals surface area (Å²) in [4.78, 5) is 12.3. The average molecular weight is 333 g/mol. The Hall–Kier alpha value is -2.18. The second-order valence-corrected chi connectivity index (χ2v) is 7.48. The molecule has 0 fully saturated rings. The third kappa shape index (κ3) is 3.97. The lowest BCUT2D eigenvalue weighted by Gasteiger charge is -2.12. The van der Waals surface area contributed by atoms with E-state index >= 15 is 0 Å². The van der Waals surface area contributed by atoms with Crippen molar-refractivity contribution < 1.29 is 17.9 Å². The minimum atomic E-state index is -3.50. The minimum Gasteiger partial charge on any atom is -0.457 e. The number of aryl methyl sites for hydroxylation is 1. The van der Waals surface area contributed by atoms with E-state index in [-0.39, 0.29) is 11.5 Å². The number of carbonyl (C=O) groups excluding carboxylic acids is 1. The van der Waals surface area contributed by atoms with Gasteiger partial charge in [0.15, 0.2) is 0 Å². The zero-order valence-electron chi connectivity index (χ0n) is 13.3. The lowest BCUT2D eigenvalue weighted by atomic mass is 10.1. The Balaban J connectivity index is 2.13. The number of nitrogens with zero attached hydrogens (tertiary/aromatic N) is 1. The van der Waals surface area contributed by atoms with Crippen LogP contribution in [0.5, 0.6) is 0 Å². The number of rotatable bonds is 5. The van der Waals surface area contributed by atoms with Gasteiger partial charge in [-0.05, 0) is 36.2 Å². The molecular weight excluding hydrogens is 314 g/mol. The van der Waals surface area contributed by atoms with E-state index in [0.29, 0.717) is 11.1 Å². The van der Waals surface area contributed by atoms with Gasteiger partial charge in [-0.15, -0.1) is 0 Å². The number of carbonyl (C=O) groups is 1. The summed E-state index contributed by atoms with van der Waals surface area (Å²) < 4.78 is 30.6. The molecule has 6 heteroatoms. The molecule has 0 bridgehead atoms. The Morgan fingerprint density at radius 2 is 1.78 bits per heavy atom. The first-order chi connectivity index (χ1) is 10.8. The van der Waals surface area contributed by atoms with E-state index in [4.69, 9.17) is 4.74 Å². The molecule has 0 heterocycles. The van der Waals surface area contributed by atoms with Gasteiger partial charge < -0.3 is 4.74 Å². The van der Waals surface area contributed by atoms with Crippen LogP contribution in [0.2, 0.25) is 0 Å². The largest absolute Gasteiger partial charge is 0.457 e. The van der Waals surface area contributed by atoms with Gasteiger partial charge in [0.25, 0.3) is 0 Å². The van der Waals surface area contributed by atoms with E-state index in [1.165, 1.54) is 26.2 Å². The van der Waals surface area contributed by atoms with Gasteiger partial charge >= 0.3 is 5.97 Å². The number of benzene rings is 2. The summed E-state index contributed by atoms with van der Waals surface area (Å²) in [5.41, 5.74) is 1.96. The number of hydrogen-bond donors (Lipinski definition) is 0. The number of hydrogen-bond acceptors (Lipinski definition) is 4. The maximum Gasteiger partial charge on any atom is 0.338 e. The lowest BCUT2D eigenvalue weighted by molar-refractivity contribution is 0.0471. The van der Waals surface area contributed by atoms with Crippen molar-refractivity contribution in [2.24, 2.45) is 0 Å². The van der Waals surface area contributed by atoms with Gasteiger partial charge in [0.2, 0.25) is 10.0 Å². The quantitative estimate of drug-likeness (QED) is 0.789. The third-order valence-corrected chi connectivity index (χ3v) is 5.22. The van der Waals surface area contributed by atoms with E-state index in [9.17, 15) is 13.2 Å². The summed E-state index contributed by atoms with van der Waals surface area (Å²) in [7, 11) is -0.559. The average Bonchev–Trinajstić information content (AvgIpc) is 2.53. The molecule has 0 aromatic heterocycles. The molecule has 0 aliphatic rings. The van der Waals surface area contributed by atoms with E-state index < -0.39 is 16.0 Å². The molecule has 0 aliphatic heterocycles. The number of sulfonamides is 1. The second-order valence-electron chi connectivity index (χ2n) is 5.33. The zero-order valence-corrected chi connectivity index (χ0v) is 14.1. The molecule has 0 saturated heterocycles. The molecule has 5 nitrogen and oxygen atoms in total. The van der Waals surface area contributed by atoms with E-state index in [2.05, 4.69) is 0 Å². The SMILES string of the molecule is Cc1ccccc1C(=O)OCc1cccc(S(=O)(=O)N(C)C)c1. The van der Waals surface area contributed by atoms with Gasteiger partial charge in [0.1, 0.15) is 6.61 Å². The van der Waals surface area contributed by atoms with Crippen molar-refractivity contribution in [3.63, 3.8) is 0 Å². The van der Waals surface area contributed by atoms with Crippen molar-refractivity contribution in [3.8, 4) is 0 Å². The minimum absolute atomic E-state index is 0.0178. The van der Waals surface area contributed by atoms with Crippen molar-refractivity contribution in [1.29, 1.82) is 0 Å². The highest BCUT2D eigenvalue weighted by molar-refractivity contribution is 7.89. The number of ether oxygens (including phenoxy) is 1. The molecule has 2 aromatic carbocycles. The second kappa shape index (κ2) is 6.93. The van der Waals surface area contributed by atoms with Crippen LogP contribution in [0.1, 0.15) is 21.5 Å². The first-order valence-corrected chi connectivity index (χ1v) is 8.50. The highest BCUT2D eigenvalue weighted by Crippen LogP contribution is 2.16. The van der Waals surface area contributed by atoms with Crippen LogP contribution in [0.4, 0.5) is 0 Å². The molecule has 0 radical (unpaired) electrons. The highest BCUT2D eigenvalue weighted by Gasteiger charge is 2.17. The van der Waals surface area contributed by atoms with Crippen LogP contribution >= 0.6 is 0 Å². The summed E-state index contributed by atoms with van der Waals surface area (Å²) in [5, 5.41) is 0. The van der Waals surface area contributed by atoms with Gasteiger partial charge in [-0.2, -0.15) is 0 Å².